The van der Waals surface area contributed by atoms with Crippen molar-refractivity contribution in [2.24, 2.45) is 0 Å². The fourth-order valence-corrected chi connectivity index (χ4v) is 10.4. The van der Waals surface area contributed by atoms with E-state index in [1.807, 2.05) is 0 Å². The number of hydrogen-bond acceptors (Lipinski definition) is 3. The van der Waals surface area contributed by atoms with E-state index in [0.29, 0.717) is 0 Å². The number of hydrogen-bond donors (Lipinski definition) is 0. The lowest BCUT2D eigenvalue weighted by atomic mass is 9.43. The molecule has 0 saturated carbocycles. The Bertz CT molecular complexity index is 3350. The molecule has 4 nitrogen and oxygen atoms in total. The van der Waals surface area contributed by atoms with E-state index in [-0.39, 0.29) is 17.7 Å². The second-order valence-electron chi connectivity index (χ2n) is 19.0. The normalized spacial score (nSPS) is 13.3. The Morgan fingerprint density at radius 1 is 0.508 bits per heavy atom. The van der Waals surface area contributed by atoms with Gasteiger partial charge in [-0.25, -0.2) is 0 Å². The molecule has 2 aliphatic heterocycles. The lowest BCUT2D eigenvalue weighted by molar-refractivity contribution is 0.590. The van der Waals surface area contributed by atoms with E-state index in [2.05, 4.69) is 226 Å². The van der Waals surface area contributed by atoms with Crippen LogP contribution in [0.5, 0.6) is 0 Å². The lowest BCUT2D eigenvalue weighted by Crippen LogP contribution is -2.60. The third-order valence-corrected chi connectivity index (χ3v) is 13.2. The monoisotopic (exact) mass is 787 g/mol. The van der Waals surface area contributed by atoms with Gasteiger partial charge < -0.3 is 18.7 Å². The van der Waals surface area contributed by atoms with Gasteiger partial charge in [-0.15, -0.1) is 0 Å². The Hall–Kier alpha value is -6.98. The van der Waals surface area contributed by atoms with E-state index in [4.69, 9.17) is 4.42 Å². The van der Waals surface area contributed by atoms with Crippen LogP contribution in [0.2, 0.25) is 0 Å². The fraction of sp³-hybridized carbons (Fsp3) is 0.143. The Balaban J connectivity index is 1.24. The maximum atomic E-state index is 6.71. The van der Waals surface area contributed by atoms with E-state index in [9.17, 15) is 0 Å². The molecule has 0 spiro atoms. The minimum absolute atomic E-state index is 0.0268. The molecule has 0 atom stereocenters. The topological polar surface area (TPSA) is 24.6 Å². The molecule has 0 fully saturated rings. The molecule has 2 aliphatic rings. The van der Waals surface area contributed by atoms with Gasteiger partial charge in [0.2, 0.25) is 0 Å². The minimum atomic E-state index is -0.137. The number of nitrogens with zero attached hydrogens (tertiary/aromatic N) is 3. The summed E-state index contributed by atoms with van der Waals surface area (Å²) < 4.78 is 9.30. The molecular formula is C56H46BN3O. The van der Waals surface area contributed by atoms with E-state index in [1.165, 1.54) is 66.4 Å². The average molecular weight is 788 g/mol. The number of rotatable bonds is 4. The molecule has 0 saturated heterocycles. The van der Waals surface area contributed by atoms with Crippen LogP contribution in [0.15, 0.2) is 174 Å². The molecule has 0 N–H and O–H groups in total. The summed E-state index contributed by atoms with van der Waals surface area (Å²) in [6.07, 6.45) is 0. The Morgan fingerprint density at radius 2 is 1.16 bits per heavy atom. The molecule has 12 rings (SSSR count). The van der Waals surface area contributed by atoms with Gasteiger partial charge in [-0.05, 0) is 117 Å². The first kappa shape index (κ1) is 35.9. The van der Waals surface area contributed by atoms with Gasteiger partial charge in [0, 0.05) is 61.2 Å². The summed E-state index contributed by atoms with van der Waals surface area (Å²) in [4.78, 5) is 5.00. The maximum absolute atomic E-state index is 6.71. The second-order valence-corrected chi connectivity index (χ2v) is 19.0. The molecule has 10 aromatic rings. The van der Waals surface area contributed by atoms with Crippen molar-refractivity contribution in [3.63, 3.8) is 0 Å². The zero-order chi connectivity index (χ0) is 41.4. The van der Waals surface area contributed by atoms with Gasteiger partial charge in [-0.3, -0.25) is 0 Å². The summed E-state index contributed by atoms with van der Waals surface area (Å²) >= 11 is 0. The highest BCUT2D eigenvalue weighted by atomic mass is 16.3. The highest BCUT2D eigenvalue weighted by Crippen LogP contribution is 2.50. The smallest absolute Gasteiger partial charge is 0.333 e. The number of anilines is 5. The highest BCUT2D eigenvalue weighted by molar-refractivity contribution is 6.94. The molecule has 0 unspecified atom stereocenters. The molecule has 0 amide bonds. The lowest BCUT2D eigenvalue weighted by Gasteiger charge is -2.43. The number of aromatic nitrogens is 1. The highest BCUT2D eigenvalue weighted by Gasteiger charge is 2.45. The summed E-state index contributed by atoms with van der Waals surface area (Å²) in [6, 6.07) is 62.7. The second kappa shape index (κ2) is 12.8. The van der Waals surface area contributed by atoms with Crippen LogP contribution in [0, 0.1) is 0 Å². The van der Waals surface area contributed by atoms with Crippen LogP contribution in [0.1, 0.15) is 52.7 Å². The van der Waals surface area contributed by atoms with Gasteiger partial charge >= 0.3 is 6.85 Å². The first-order chi connectivity index (χ1) is 29.5. The molecule has 2 aromatic heterocycles. The van der Waals surface area contributed by atoms with E-state index in [0.717, 1.165) is 44.7 Å². The average Bonchev–Trinajstić information content (AvgIpc) is 3.81. The molecule has 8 aromatic carbocycles. The zero-order valence-corrected chi connectivity index (χ0v) is 35.5. The van der Waals surface area contributed by atoms with Crippen molar-refractivity contribution in [2.75, 3.05) is 9.71 Å². The van der Waals surface area contributed by atoms with Gasteiger partial charge in [-0.1, -0.05) is 133 Å². The number of para-hydroxylation sites is 4. The fourth-order valence-electron chi connectivity index (χ4n) is 10.4. The quantitative estimate of drug-likeness (QED) is 0.166. The first-order valence-electron chi connectivity index (χ1n) is 21.6. The summed E-state index contributed by atoms with van der Waals surface area (Å²) in [6.45, 7) is 13.9. The zero-order valence-electron chi connectivity index (χ0n) is 35.5. The molecule has 0 radical (unpaired) electrons. The largest absolute Gasteiger partial charge is 0.456 e. The van der Waals surface area contributed by atoms with Gasteiger partial charge in [0.25, 0.3) is 0 Å². The third-order valence-electron chi connectivity index (χ3n) is 13.2. The van der Waals surface area contributed by atoms with Crippen molar-refractivity contribution in [3.05, 3.63) is 181 Å². The molecule has 5 heteroatoms. The number of benzene rings is 8. The SMILES string of the molecule is CC(C)(C)c1ccc(N2B3c4cc5oc6ccccc6c5cc4-n4c5ccccc5c5c(C(C)(C)C)cc(c3c54)-c3cc(N(c4ccccc4)c4ccccc4)ccc32)cc1. The van der Waals surface area contributed by atoms with Crippen LogP contribution in [-0.2, 0) is 10.8 Å². The molecule has 61 heavy (non-hydrogen) atoms. The van der Waals surface area contributed by atoms with Gasteiger partial charge in [0.1, 0.15) is 11.2 Å². The van der Waals surface area contributed by atoms with E-state index < -0.39 is 0 Å². The molecular weight excluding hydrogens is 741 g/mol. The maximum Gasteiger partial charge on any atom is 0.333 e. The molecule has 4 heterocycles. The van der Waals surface area contributed by atoms with Crippen molar-refractivity contribution in [1.29, 1.82) is 0 Å². The Kier molecular flexibility index (Phi) is 7.52. The predicted molar refractivity (Wildman–Crippen MR) is 259 cm³/mol. The van der Waals surface area contributed by atoms with Crippen molar-refractivity contribution < 1.29 is 4.42 Å². The van der Waals surface area contributed by atoms with Crippen molar-refractivity contribution >= 4 is 90.0 Å². The Morgan fingerprint density at radius 3 is 1.85 bits per heavy atom. The Labute approximate surface area is 357 Å². The van der Waals surface area contributed by atoms with Crippen LogP contribution >= 0.6 is 0 Å². The molecule has 0 bridgehead atoms. The predicted octanol–water partition coefficient (Wildman–Crippen LogP) is 14.0. The number of fused-ring (bicyclic) bond motifs is 11. The van der Waals surface area contributed by atoms with Crippen LogP contribution in [0.3, 0.4) is 0 Å². The number of furan rings is 1. The van der Waals surface area contributed by atoms with E-state index in [1.54, 1.807) is 0 Å². The van der Waals surface area contributed by atoms with Crippen molar-refractivity contribution in [2.45, 2.75) is 52.4 Å². The minimum Gasteiger partial charge on any atom is -0.456 e. The van der Waals surface area contributed by atoms with Crippen LogP contribution < -0.4 is 20.6 Å². The standard InChI is InChI=1S/C56H46BN3O/c1-55(2,3)35-25-27-38(28-26-35)60-48-30-29-39(58(36-17-9-7-10-18-36)37-19-11-8-12-20-37)31-42(48)44-32-45(56(4,5)6)52-41-22-13-15-23-47(41)59-49-33-43-40-21-14-16-24-50(40)61-51(43)34-46(49)57(60)53(44)54(52)59/h7-34H,1-6H3. The van der Waals surface area contributed by atoms with Gasteiger partial charge in [-0.2, -0.15) is 0 Å². The molecule has 294 valence electrons. The van der Waals surface area contributed by atoms with Gasteiger partial charge in [0.15, 0.2) is 0 Å². The summed E-state index contributed by atoms with van der Waals surface area (Å²) in [5.41, 5.74) is 18.9. The van der Waals surface area contributed by atoms with Crippen LogP contribution in [-0.4, -0.2) is 11.4 Å². The first-order valence-corrected chi connectivity index (χ1v) is 21.6. The van der Waals surface area contributed by atoms with Gasteiger partial charge in [0.05, 0.1) is 11.0 Å². The summed E-state index contributed by atoms with van der Waals surface area (Å²) in [7, 11) is 0. The molecule has 0 aliphatic carbocycles. The van der Waals surface area contributed by atoms with Crippen molar-refractivity contribution in [3.8, 4) is 16.8 Å². The van der Waals surface area contributed by atoms with E-state index >= 15 is 0 Å². The summed E-state index contributed by atoms with van der Waals surface area (Å²) in [5.74, 6) is 0. The third kappa shape index (κ3) is 5.26. The van der Waals surface area contributed by atoms with Crippen LogP contribution in [0.25, 0.3) is 60.6 Å². The summed E-state index contributed by atoms with van der Waals surface area (Å²) in [5, 5.41) is 4.90. The van der Waals surface area contributed by atoms with Crippen LogP contribution in [0.4, 0.5) is 28.4 Å². The van der Waals surface area contributed by atoms with Crippen molar-refractivity contribution in [1.82, 2.24) is 4.57 Å².